The van der Waals surface area contributed by atoms with Crippen LogP contribution in [0, 0.1) is 13.8 Å². The van der Waals surface area contributed by atoms with E-state index < -0.39 is 0 Å². The minimum atomic E-state index is -0.226. The van der Waals surface area contributed by atoms with Crippen LogP contribution in [0.3, 0.4) is 0 Å². The van der Waals surface area contributed by atoms with Crippen LogP contribution in [0.1, 0.15) is 46.8 Å². The third kappa shape index (κ3) is 4.07. The number of imidazole rings is 1. The summed E-state index contributed by atoms with van der Waals surface area (Å²) in [4.78, 5) is 28.5. The fraction of sp³-hybridized carbons (Fsp3) is 0.421. The van der Waals surface area contributed by atoms with Crippen molar-refractivity contribution in [2.75, 3.05) is 6.54 Å². The highest BCUT2D eigenvalue weighted by Gasteiger charge is 2.29. The normalized spacial score (nSPS) is 19.6. The Morgan fingerprint density at radius 1 is 1.24 bits per heavy atom. The summed E-state index contributed by atoms with van der Waals surface area (Å²) in [6.45, 7) is 3.96. The van der Waals surface area contributed by atoms with Gasteiger partial charge in [-0.25, -0.2) is 4.98 Å². The Morgan fingerprint density at radius 3 is 2.80 bits per heavy atom. The third-order valence-corrected chi connectivity index (χ3v) is 4.91. The van der Waals surface area contributed by atoms with E-state index >= 15 is 0 Å². The number of carbonyl (C=O) groups excluding carboxylic acids is 2. The van der Waals surface area contributed by atoms with Crippen LogP contribution >= 0.6 is 0 Å². The van der Waals surface area contributed by atoms with Crippen molar-refractivity contribution in [2.45, 2.75) is 45.2 Å². The van der Waals surface area contributed by atoms with E-state index in [4.69, 9.17) is 0 Å². The Morgan fingerprint density at radius 2 is 2.08 bits per heavy atom. The molecule has 1 saturated carbocycles. The number of benzene rings is 1. The number of nitrogens with one attached hydrogen (secondary N) is 2. The van der Waals surface area contributed by atoms with Crippen LogP contribution in [0.2, 0.25) is 0 Å². The molecule has 1 aliphatic carbocycles. The summed E-state index contributed by atoms with van der Waals surface area (Å²) in [6, 6.07) is 5.86. The number of rotatable bonds is 5. The Kier molecular flexibility index (Phi) is 5.16. The zero-order chi connectivity index (χ0) is 17.8. The van der Waals surface area contributed by atoms with E-state index in [1.807, 2.05) is 36.7 Å². The standard InChI is InChI=1S/C19H24N4O2/c1-13-6-7-15(10-14(13)2)19(25)21-11-18(24)22-16-4-3-5-17(16)23-9-8-20-12-23/h6-10,12,16-17H,3-5,11H2,1-2H3,(H,21,25)(H,22,24). The van der Waals surface area contributed by atoms with Crippen molar-refractivity contribution >= 4 is 11.8 Å². The third-order valence-electron chi connectivity index (χ3n) is 4.91. The van der Waals surface area contributed by atoms with Gasteiger partial charge in [-0.2, -0.15) is 0 Å². The first-order valence-corrected chi connectivity index (χ1v) is 8.67. The summed E-state index contributed by atoms with van der Waals surface area (Å²) in [7, 11) is 0. The Hall–Kier alpha value is -2.63. The second kappa shape index (κ2) is 7.51. The predicted octanol–water partition coefficient (Wildman–Crippen LogP) is 2.14. The van der Waals surface area contributed by atoms with Gasteiger partial charge in [0.05, 0.1) is 18.9 Å². The highest BCUT2D eigenvalue weighted by atomic mass is 16.2. The molecule has 0 aliphatic heterocycles. The number of hydrogen-bond acceptors (Lipinski definition) is 3. The average Bonchev–Trinajstić information content (AvgIpc) is 3.26. The Balaban J connectivity index is 1.52. The Bertz CT molecular complexity index is 755. The Labute approximate surface area is 147 Å². The zero-order valence-corrected chi connectivity index (χ0v) is 14.7. The van der Waals surface area contributed by atoms with Gasteiger partial charge < -0.3 is 15.2 Å². The lowest BCUT2D eigenvalue weighted by Crippen LogP contribution is -2.43. The molecule has 1 heterocycles. The SMILES string of the molecule is Cc1ccc(C(=O)NCC(=O)NC2CCCC2n2ccnc2)cc1C. The van der Waals surface area contributed by atoms with Gasteiger partial charge in [0.25, 0.3) is 5.91 Å². The summed E-state index contributed by atoms with van der Waals surface area (Å²) in [5.41, 5.74) is 2.78. The van der Waals surface area contributed by atoms with Gasteiger partial charge >= 0.3 is 0 Å². The van der Waals surface area contributed by atoms with E-state index in [0.717, 1.165) is 30.4 Å². The summed E-state index contributed by atoms with van der Waals surface area (Å²) in [5.74, 6) is -0.384. The van der Waals surface area contributed by atoms with Crippen LogP contribution in [-0.2, 0) is 4.79 Å². The molecule has 2 atom stereocenters. The molecule has 25 heavy (non-hydrogen) atoms. The number of aryl methyl sites for hydroxylation is 2. The van der Waals surface area contributed by atoms with E-state index in [-0.39, 0.29) is 30.4 Å². The van der Waals surface area contributed by atoms with Gasteiger partial charge in [-0.15, -0.1) is 0 Å². The number of carbonyl (C=O) groups is 2. The average molecular weight is 340 g/mol. The van der Waals surface area contributed by atoms with Gasteiger partial charge in [-0.1, -0.05) is 6.07 Å². The van der Waals surface area contributed by atoms with Crippen molar-refractivity contribution < 1.29 is 9.59 Å². The van der Waals surface area contributed by atoms with E-state index in [1.54, 1.807) is 18.6 Å². The lowest BCUT2D eigenvalue weighted by atomic mass is 10.1. The molecule has 1 aromatic heterocycles. The molecular formula is C19H24N4O2. The largest absolute Gasteiger partial charge is 0.350 e. The lowest BCUT2D eigenvalue weighted by Gasteiger charge is -2.22. The topological polar surface area (TPSA) is 76.0 Å². The van der Waals surface area contributed by atoms with Crippen LogP contribution in [0.15, 0.2) is 36.9 Å². The first-order chi connectivity index (χ1) is 12.0. The highest BCUT2D eigenvalue weighted by Crippen LogP contribution is 2.29. The van der Waals surface area contributed by atoms with Crippen LogP contribution in [-0.4, -0.2) is 34.0 Å². The van der Waals surface area contributed by atoms with Crippen LogP contribution < -0.4 is 10.6 Å². The van der Waals surface area contributed by atoms with Crippen molar-refractivity contribution in [3.8, 4) is 0 Å². The molecule has 1 aliphatic rings. The van der Waals surface area contributed by atoms with E-state index in [0.29, 0.717) is 5.56 Å². The van der Waals surface area contributed by atoms with Gasteiger partial charge in [0.2, 0.25) is 5.91 Å². The molecule has 2 N–H and O–H groups in total. The maximum atomic E-state index is 12.2. The van der Waals surface area contributed by atoms with Crippen molar-refractivity contribution in [2.24, 2.45) is 0 Å². The molecule has 0 spiro atoms. The summed E-state index contributed by atoms with van der Waals surface area (Å²) in [6.07, 6.45) is 8.51. The smallest absolute Gasteiger partial charge is 0.251 e. The molecule has 6 nitrogen and oxygen atoms in total. The fourth-order valence-corrected chi connectivity index (χ4v) is 3.33. The number of hydrogen-bond donors (Lipinski definition) is 2. The van der Waals surface area contributed by atoms with Crippen molar-refractivity contribution in [3.63, 3.8) is 0 Å². The zero-order valence-electron chi connectivity index (χ0n) is 14.7. The van der Waals surface area contributed by atoms with Crippen molar-refractivity contribution in [1.29, 1.82) is 0 Å². The van der Waals surface area contributed by atoms with Gasteiger partial charge in [-0.05, 0) is 56.4 Å². The molecule has 0 radical (unpaired) electrons. The minimum Gasteiger partial charge on any atom is -0.350 e. The summed E-state index contributed by atoms with van der Waals surface area (Å²) < 4.78 is 2.05. The fourth-order valence-electron chi connectivity index (χ4n) is 3.33. The van der Waals surface area contributed by atoms with Crippen molar-refractivity contribution in [3.05, 3.63) is 53.6 Å². The molecular weight excluding hydrogens is 316 g/mol. The molecule has 1 fully saturated rings. The molecule has 0 bridgehead atoms. The lowest BCUT2D eigenvalue weighted by molar-refractivity contribution is -0.121. The molecule has 1 aromatic carbocycles. The predicted molar refractivity (Wildman–Crippen MR) is 95.3 cm³/mol. The molecule has 2 aromatic rings. The highest BCUT2D eigenvalue weighted by molar-refractivity contribution is 5.96. The van der Waals surface area contributed by atoms with E-state index in [2.05, 4.69) is 15.6 Å². The number of amides is 2. The molecule has 2 unspecified atom stereocenters. The van der Waals surface area contributed by atoms with Crippen molar-refractivity contribution in [1.82, 2.24) is 20.2 Å². The first kappa shape index (κ1) is 17.2. The summed E-state index contributed by atoms with van der Waals surface area (Å²) >= 11 is 0. The van der Waals surface area contributed by atoms with Crippen LogP contribution in [0.25, 0.3) is 0 Å². The second-order valence-corrected chi connectivity index (χ2v) is 6.66. The molecule has 3 rings (SSSR count). The van der Waals surface area contributed by atoms with Crippen LogP contribution in [0.4, 0.5) is 0 Å². The van der Waals surface area contributed by atoms with E-state index in [1.165, 1.54) is 0 Å². The van der Waals surface area contributed by atoms with Gasteiger partial charge in [-0.3, -0.25) is 9.59 Å². The number of nitrogens with zero attached hydrogens (tertiary/aromatic N) is 2. The maximum absolute atomic E-state index is 12.2. The van der Waals surface area contributed by atoms with Gasteiger partial charge in [0.15, 0.2) is 0 Å². The van der Waals surface area contributed by atoms with Crippen LogP contribution in [0.5, 0.6) is 0 Å². The molecule has 2 amide bonds. The monoisotopic (exact) mass is 340 g/mol. The number of aromatic nitrogens is 2. The first-order valence-electron chi connectivity index (χ1n) is 8.67. The molecule has 0 saturated heterocycles. The second-order valence-electron chi connectivity index (χ2n) is 6.66. The minimum absolute atomic E-state index is 0.0150. The van der Waals surface area contributed by atoms with Gasteiger partial charge in [0.1, 0.15) is 0 Å². The quantitative estimate of drug-likeness (QED) is 0.875. The van der Waals surface area contributed by atoms with Gasteiger partial charge in [0, 0.05) is 24.0 Å². The molecule has 6 heteroatoms. The maximum Gasteiger partial charge on any atom is 0.251 e. The molecule has 132 valence electrons. The van der Waals surface area contributed by atoms with E-state index in [9.17, 15) is 9.59 Å². The summed E-state index contributed by atoms with van der Waals surface area (Å²) in [5, 5.41) is 5.74.